The summed E-state index contributed by atoms with van der Waals surface area (Å²) >= 11 is 0. The van der Waals surface area contributed by atoms with E-state index in [1.54, 1.807) is 6.20 Å². The van der Waals surface area contributed by atoms with Crippen LogP contribution in [0.4, 0.5) is 5.82 Å². The first-order chi connectivity index (χ1) is 9.83. The van der Waals surface area contributed by atoms with Crippen molar-refractivity contribution < 1.29 is 10.2 Å². The SMILES string of the molecule is OCc1cnc(N2CCC(CO)CC2)c2ccccc12. The third-order valence-electron chi connectivity index (χ3n) is 4.20. The van der Waals surface area contributed by atoms with Gasteiger partial charge in [-0.15, -0.1) is 0 Å². The zero-order valence-corrected chi connectivity index (χ0v) is 11.5. The van der Waals surface area contributed by atoms with Crippen LogP contribution >= 0.6 is 0 Å². The lowest BCUT2D eigenvalue weighted by molar-refractivity contribution is 0.203. The van der Waals surface area contributed by atoms with Crippen molar-refractivity contribution in [3.8, 4) is 0 Å². The summed E-state index contributed by atoms with van der Waals surface area (Å²) in [5.74, 6) is 1.42. The number of aromatic nitrogens is 1. The molecule has 1 aliphatic heterocycles. The predicted octanol–water partition coefficient (Wildman–Crippen LogP) is 1.94. The molecular formula is C16H20N2O2. The van der Waals surface area contributed by atoms with Crippen molar-refractivity contribution in [2.24, 2.45) is 5.92 Å². The van der Waals surface area contributed by atoms with Gasteiger partial charge in [0.1, 0.15) is 5.82 Å². The van der Waals surface area contributed by atoms with E-state index >= 15 is 0 Å². The molecule has 0 spiro atoms. The van der Waals surface area contributed by atoms with Crippen LogP contribution in [-0.4, -0.2) is 34.9 Å². The fourth-order valence-electron chi connectivity index (χ4n) is 2.94. The number of hydrogen-bond acceptors (Lipinski definition) is 4. The van der Waals surface area contributed by atoms with Crippen LogP contribution in [0.15, 0.2) is 30.5 Å². The molecule has 1 fully saturated rings. The molecule has 0 saturated carbocycles. The molecule has 1 saturated heterocycles. The van der Waals surface area contributed by atoms with E-state index in [2.05, 4.69) is 16.0 Å². The minimum Gasteiger partial charge on any atom is -0.396 e. The summed E-state index contributed by atoms with van der Waals surface area (Å²) in [7, 11) is 0. The van der Waals surface area contributed by atoms with Gasteiger partial charge in [-0.05, 0) is 24.1 Å². The Hall–Kier alpha value is -1.65. The lowest BCUT2D eigenvalue weighted by Gasteiger charge is -2.32. The zero-order valence-electron chi connectivity index (χ0n) is 11.5. The van der Waals surface area contributed by atoms with Crippen molar-refractivity contribution >= 4 is 16.6 Å². The smallest absolute Gasteiger partial charge is 0.136 e. The third kappa shape index (κ3) is 2.37. The first-order valence-electron chi connectivity index (χ1n) is 7.16. The minimum atomic E-state index is 0.0143. The number of rotatable bonds is 3. The van der Waals surface area contributed by atoms with Crippen molar-refractivity contribution in [3.05, 3.63) is 36.0 Å². The fraction of sp³-hybridized carbons (Fsp3) is 0.438. The lowest BCUT2D eigenvalue weighted by Crippen LogP contribution is -2.35. The highest BCUT2D eigenvalue weighted by atomic mass is 16.3. The number of aliphatic hydroxyl groups is 2. The zero-order chi connectivity index (χ0) is 13.9. The number of benzene rings is 1. The molecule has 2 aromatic rings. The summed E-state index contributed by atoms with van der Waals surface area (Å²) in [5, 5.41) is 20.8. The molecule has 0 amide bonds. The molecule has 1 aliphatic rings. The molecule has 0 radical (unpaired) electrons. The Labute approximate surface area is 118 Å². The highest BCUT2D eigenvalue weighted by molar-refractivity contribution is 5.94. The van der Waals surface area contributed by atoms with Crippen molar-refractivity contribution in [2.45, 2.75) is 19.4 Å². The van der Waals surface area contributed by atoms with Gasteiger partial charge in [-0.1, -0.05) is 24.3 Å². The van der Waals surface area contributed by atoms with Gasteiger partial charge in [0.2, 0.25) is 0 Å². The molecule has 20 heavy (non-hydrogen) atoms. The molecular weight excluding hydrogens is 252 g/mol. The van der Waals surface area contributed by atoms with Gasteiger partial charge < -0.3 is 15.1 Å². The number of nitrogens with zero attached hydrogens (tertiary/aromatic N) is 2. The summed E-state index contributed by atoms with van der Waals surface area (Å²) < 4.78 is 0. The molecule has 1 aromatic carbocycles. The quantitative estimate of drug-likeness (QED) is 0.896. The Morgan fingerprint density at radius 2 is 1.80 bits per heavy atom. The van der Waals surface area contributed by atoms with Crippen LogP contribution in [-0.2, 0) is 6.61 Å². The highest BCUT2D eigenvalue weighted by Gasteiger charge is 2.21. The van der Waals surface area contributed by atoms with Crippen molar-refractivity contribution in [1.82, 2.24) is 4.98 Å². The van der Waals surface area contributed by atoms with E-state index in [-0.39, 0.29) is 13.2 Å². The first-order valence-corrected chi connectivity index (χ1v) is 7.16. The molecule has 106 valence electrons. The number of aliphatic hydroxyl groups excluding tert-OH is 2. The van der Waals surface area contributed by atoms with Gasteiger partial charge >= 0.3 is 0 Å². The number of fused-ring (bicyclic) bond motifs is 1. The van der Waals surface area contributed by atoms with Crippen LogP contribution in [0.5, 0.6) is 0 Å². The standard InChI is InChI=1S/C16H20N2O2/c19-10-12-5-7-18(8-6-12)16-15-4-2-1-3-14(15)13(11-20)9-17-16/h1-4,9,12,19-20H,5-8,10-11H2. The van der Waals surface area contributed by atoms with Crippen LogP contribution in [0.3, 0.4) is 0 Å². The van der Waals surface area contributed by atoms with Gasteiger partial charge in [0.05, 0.1) is 6.61 Å². The number of anilines is 1. The van der Waals surface area contributed by atoms with Crippen LogP contribution in [0.1, 0.15) is 18.4 Å². The maximum absolute atomic E-state index is 9.42. The summed E-state index contributed by atoms with van der Waals surface area (Å²) in [6.45, 7) is 2.16. The molecule has 3 rings (SSSR count). The van der Waals surface area contributed by atoms with Gasteiger partial charge in [-0.25, -0.2) is 4.98 Å². The highest BCUT2D eigenvalue weighted by Crippen LogP contribution is 2.30. The molecule has 4 heteroatoms. The van der Waals surface area contributed by atoms with Crippen LogP contribution in [0.2, 0.25) is 0 Å². The van der Waals surface area contributed by atoms with E-state index in [1.807, 2.05) is 18.2 Å². The minimum absolute atomic E-state index is 0.0143. The van der Waals surface area contributed by atoms with Crippen molar-refractivity contribution in [2.75, 3.05) is 24.6 Å². The van der Waals surface area contributed by atoms with Crippen LogP contribution in [0, 0.1) is 5.92 Å². The Morgan fingerprint density at radius 1 is 1.10 bits per heavy atom. The summed E-state index contributed by atoms with van der Waals surface area (Å²) in [6, 6.07) is 8.10. The Bertz CT molecular complexity index is 592. The van der Waals surface area contributed by atoms with Gasteiger partial charge in [0, 0.05) is 36.8 Å². The normalized spacial score (nSPS) is 16.8. The Kier molecular flexibility index (Phi) is 3.85. The largest absolute Gasteiger partial charge is 0.396 e. The maximum atomic E-state index is 9.42. The van der Waals surface area contributed by atoms with Crippen LogP contribution < -0.4 is 4.90 Å². The number of hydrogen-bond donors (Lipinski definition) is 2. The molecule has 1 aromatic heterocycles. The van der Waals surface area contributed by atoms with E-state index in [9.17, 15) is 10.2 Å². The van der Waals surface area contributed by atoms with Crippen molar-refractivity contribution in [3.63, 3.8) is 0 Å². The number of pyridine rings is 1. The molecule has 0 unspecified atom stereocenters. The topological polar surface area (TPSA) is 56.6 Å². The molecule has 4 nitrogen and oxygen atoms in total. The van der Waals surface area contributed by atoms with Gasteiger partial charge in [-0.3, -0.25) is 0 Å². The average Bonchev–Trinajstić information content (AvgIpc) is 2.54. The van der Waals surface area contributed by atoms with E-state index in [0.29, 0.717) is 5.92 Å². The molecule has 0 atom stereocenters. The van der Waals surface area contributed by atoms with Crippen LogP contribution in [0.25, 0.3) is 10.8 Å². The van der Waals surface area contributed by atoms with Gasteiger partial charge in [0.15, 0.2) is 0 Å². The van der Waals surface area contributed by atoms with Gasteiger partial charge in [0.25, 0.3) is 0 Å². The lowest BCUT2D eigenvalue weighted by atomic mass is 9.97. The molecule has 0 aliphatic carbocycles. The summed E-state index contributed by atoms with van der Waals surface area (Å²) in [4.78, 5) is 6.84. The second kappa shape index (κ2) is 5.77. The fourth-order valence-corrected chi connectivity index (χ4v) is 2.94. The molecule has 2 heterocycles. The Morgan fingerprint density at radius 3 is 2.45 bits per heavy atom. The van der Waals surface area contributed by atoms with Gasteiger partial charge in [-0.2, -0.15) is 0 Å². The molecule has 2 N–H and O–H groups in total. The van der Waals surface area contributed by atoms with E-state index in [0.717, 1.165) is 48.1 Å². The Balaban J connectivity index is 1.96. The second-order valence-electron chi connectivity index (χ2n) is 5.42. The second-order valence-corrected chi connectivity index (χ2v) is 5.42. The van der Waals surface area contributed by atoms with E-state index < -0.39 is 0 Å². The monoisotopic (exact) mass is 272 g/mol. The summed E-state index contributed by atoms with van der Waals surface area (Å²) in [6.07, 6.45) is 3.79. The number of piperidine rings is 1. The average molecular weight is 272 g/mol. The predicted molar refractivity (Wildman–Crippen MR) is 79.7 cm³/mol. The third-order valence-corrected chi connectivity index (χ3v) is 4.20. The molecule has 0 bridgehead atoms. The maximum Gasteiger partial charge on any atom is 0.136 e. The van der Waals surface area contributed by atoms with Crippen molar-refractivity contribution in [1.29, 1.82) is 0 Å². The van der Waals surface area contributed by atoms with E-state index in [1.165, 1.54) is 0 Å². The summed E-state index contributed by atoms with van der Waals surface area (Å²) in [5.41, 5.74) is 0.870. The van der Waals surface area contributed by atoms with E-state index in [4.69, 9.17) is 0 Å². The first kappa shape index (κ1) is 13.3.